The Kier molecular flexibility index (Phi) is 3.61. The first-order valence-electron chi connectivity index (χ1n) is 3.96. The summed E-state index contributed by atoms with van der Waals surface area (Å²) >= 11 is 1.75. The SMILES string of the molecule is CC[C@@H](N)c1cc(F)c(I)cc1F. The maximum Gasteiger partial charge on any atom is 0.137 e. The number of rotatable bonds is 2. The molecule has 0 fully saturated rings. The van der Waals surface area contributed by atoms with Crippen molar-refractivity contribution in [3.63, 3.8) is 0 Å². The van der Waals surface area contributed by atoms with Crippen LogP contribution in [0.4, 0.5) is 8.78 Å². The molecule has 0 amide bonds. The molecule has 0 aromatic heterocycles. The van der Waals surface area contributed by atoms with Gasteiger partial charge in [0, 0.05) is 11.6 Å². The van der Waals surface area contributed by atoms with Gasteiger partial charge in [-0.15, -0.1) is 0 Å². The van der Waals surface area contributed by atoms with Gasteiger partial charge in [-0.3, -0.25) is 0 Å². The van der Waals surface area contributed by atoms with E-state index in [-0.39, 0.29) is 9.13 Å². The molecule has 1 aromatic carbocycles. The zero-order valence-corrected chi connectivity index (χ0v) is 9.31. The molecule has 0 aliphatic carbocycles. The Hall–Kier alpha value is -0.230. The highest BCUT2D eigenvalue weighted by molar-refractivity contribution is 14.1. The van der Waals surface area contributed by atoms with Crippen LogP contribution in [0.25, 0.3) is 0 Å². The van der Waals surface area contributed by atoms with Crippen LogP contribution in [0, 0.1) is 15.2 Å². The number of hydrogen-bond donors (Lipinski definition) is 1. The summed E-state index contributed by atoms with van der Waals surface area (Å²) in [7, 11) is 0. The van der Waals surface area contributed by atoms with Crippen molar-refractivity contribution in [2.75, 3.05) is 0 Å². The van der Waals surface area contributed by atoms with Crippen LogP contribution < -0.4 is 5.73 Å². The maximum atomic E-state index is 13.2. The van der Waals surface area contributed by atoms with Crippen LogP contribution >= 0.6 is 22.6 Å². The number of nitrogens with two attached hydrogens (primary N) is 1. The van der Waals surface area contributed by atoms with E-state index in [2.05, 4.69) is 0 Å². The van der Waals surface area contributed by atoms with E-state index in [9.17, 15) is 8.78 Å². The number of hydrogen-bond acceptors (Lipinski definition) is 1. The van der Waals surface area contributed by atoms with Gasteiger partial charge in [0.15, 0.2) is 0 Å². The minimum absolute atomic E-state index is 0.250. The van der Waals surface area contributed by atoms with Crippen molar-refractivity contribution in [3.8, 4) is 0 Å². The molecule has 1 atom stereocenters. The van der Waals surface area contributed by atoms with Crippen LogP contribution in [0.15, 0.2) is 12.1 Å². The lowest BCUT2D eigenvalue weighted by Crippen LogP contribution is -2.11. The molecule has 0 aliphatic rings. The lowest BCUT2D eigenvalue weighted by molar-refractivity contribution is 0.553. The van der Waals surface area contributed by atoms with Gasteiger partial charge in [-0.05, 0) is 41.1 Å². The van der Waals surface area contributed by atoms with Crippen molar-refractivity contribution < 1.29 is 8.78 Å². The molecule has 1 rings (SSSR count). The van der Waals surface area contributed by atoms with Gasteiger partial charge in [0.1, 0.15) is 11.6 Å². The molecule has 0 heterocycles. The highest BCUT2D eigenvalue weighted by Crippen LogP contribution is 2.22. The fourth-order valence-electron chi connectivity index (χ4n) is 1.04. The van der Waals surface area contributed by atoms with Crippen molar-refractivity contribution in [2.24, 2.45) is 5.73 Å². The second-order valence-corrected chi connectivity index (χ2v) is 3.96. The zero-order valence-electron chi connectivity index (χ0n) is 7.15. The molecule has 0 saturated carbocycles. The van der Waals surface area contributed by atoms with Gasteiger partial charge in [0.25, 0.3) is 0 Å². The third kappa shape index (κ3) is 2.37. The largest absolute Gasteiger partial charge is 0.324 e. The highest BCUT2D eigenvalue weighted by Gasteiger charge is 2.12. The third-order valence-corrected chi connectivity index (χ3v) is 2.71. The van der Waals surface area contributed by atoms with Gasteiger partial charge < -0.3 is 5.73 Å². The van der Waals surface area contributed by atoms with Gasteiger partial charge >= 0.3 is 0 Å². The summed E-state index contributed by atoms with van der Waals surface area (Å²) in [6.45, 7) is 1.83. The smallest absolute Gasteiger partial charge is 0.137 e. The summed E-state index contributed by atoms with van der Waals surface area (Å²) in [6.07, 6.45) is 0.594. The maximum absolute atomic E-state index is 13.2. The van der Waals surface area contributed by atoms with Crippen LogP contribution in [0.1, 0.15) is 24.9 Å². The first kappa shape index (κ1) is 10.8. The first-order valence-corrected chi connectivity index (χ1v) is 5.04. The summed E-state index contributed by atoms with van der Waals surface area (Å²) in [5.74, 6) is -0.846. The fraction of sp³-hybridized carbons (Fsp3) is 0.333. The monoisotopic (exact) mass is 297 g/mol. The quantitative estimate of drug-likeness (QED) is 0.659. The van der Waals surface area contributed by atoms with E-state index in [1.807, 2.05) is 6.92 Å². The molecule has 0 spiro atoms. The summed E-state index contributed by atoms with van der Waals surface area (Å²) in [6, 6.07) is 1.91. The van der Waals surface area contributed by atoms with Crippen LogP contribution in [0.5, 0.6) is 0 Å². The molecule has 13 heavy (non-hydrogen) atoms. The average molecular weight is 297 g/mol. The highest BCUT2D eigenvalue weighted by atomic mass is 127. The summed E-state index contributed by atoms with van der Waals surface area (Å²) in [5, 5.41) is 0. The van der Waals surface area contributed by atoms with Crippen molar-refractivity contribution >= 4 is 22.6 Å². The molecule has 1 nitrogen and oxygen atoms in total. The minimum atomic E-state index is -0.430. The Balaban J connectivity index is 3.15. The van der Waals surface area contributed by atoms with E-state index in [1.165, 1.54) is 12.1 Å². The Morgan fingerprint density at radius 3 is 2.54 bits per heavy atom. The molecule has 0 radical (unpaired) electrons. The number of halogens is 3. The second kappa shape index (κ2) is 4.32. The zero-order chi connectivity index (χ0) is 10.0. The third-order valence-electron chi connectivity index (χ3n) is 1.88. The summed E-state index contributed by atoms with van der Waals surface area (Å²) in [4.78, 5) is 0. The van der Waals surface area contributed by atoms with Gasteiger partial charge in [-0.2, -0.15) is 0 Å². The predicted molar refractivity (Wildman–Crippen MR) is 56.3 cm³/mol. The molecular weight excluding hydrogens is 287 g/mol. The second-order valence-electron chi connectivity index (χ2n) is 2.80. The van der Waals surface area contributed by atoms with Crippen LogP contribution in [-0.4, -0.2) is 0 Å². The van der Waals surface area contributed by atoms with E-state index >= 15 is 0 Å². The molecule has 2 N–H and O–H groups in total. The topological polar surface area (TPSA) is 26.0 Å². The van der Waals surface area contributed by atoms with Gasteiger partial charge in [0.2, 0.25) is 0 Å². The average Bonchev–Trinajstić information content (AvgIpc) is 2.10. The fourth-order valence-corrected chi connectivity index (χ4v) is 1.47. The molecular formula is C9H10F2IN. The van der Waals surface area contributed by atoms with Gasteiger partial charge in [0.05, 0.1) is 3.57 Å². The lowest BCUT2D eigenvalue weighted by Gasteiger charge is -2.10. The molecule has 0 unspecified atom stereocenters. The van der Waals surface area contributed by atoms with Crippen LogP contribution in [-0.2, 0) is 0 Å². The van der Waals surface area contributed by atoms with Crippen LogP contribution in [0.2, 0.25) is 0 Å². The molecule has 72 valence electrons. The minimum Gasteiger partial charge on any atom is -0.324 e. The van der Waals surface area contributed by atoms with Gasteiger partial charge in [-0.25, -0.2) is 8.78 Å². The Labute approximate surface area is 89.5 Å². The Morgan fingerprint density at radius 2 is 2.00 bits per heavy atom. The molecule has 0 bridgehead atoms. The Morgan fingerprint density at radius 1 is 1.38 bits per heavy atom. The van der Waals surface area contributed by atoms with Crippen LogP contribution in [0.3, 0.4) is 0 Å². The van der Waals surface area contributed by atoms with E-state index < -0.39 is 17.7 Å². The summed E-state index contributed by atoms with van der Waals surface area (Å²) < 4.78 is 26.5. The normalized spacial score (nSPS) is 13.0. The molecule has 1 aromatic rings. The van der Waals surface area contributed by atoms with Crippen molar-refractivity contribution in [3.05, 3.63) is 32.9 Å². The van der Waals surface area contributed by atoms with E-state index in [1.54, 1.807) is 22.6 Å². The molecule has 0 aliphatic heterocycles. The predicted octanol–water partition coefficient (Wildman–Crippen LogP) is 2.98. The van der Waals surface area contributed by atoms with E-state index in [4.69, 9.17) is 5.73 Å². The lowest BCUT2D eigenvalue weighted by atomic mass is 10.1. The first-order chi connectivity index (χ1) is 6.06. The molecule has 4 heteroatoms. The van der Waals surface area contributed by atoms with Crippen molar-refractivity contribution in [1.82, 2.24) is 0 Å². The van der Waals surface area contributed by atoms with Crippen molar-refractivity contribution in [1.29, 1.82) is 0 Å². The van der Waals surface area contributed by atoms with Crippen molar-refractivity contribution in [2.45, 2.75) is 19.4 Å². The number of benzene rings is 1. The Bertz CT molecular complexity index is 315. The van der Waals surface area contributed by atoms with E-state index in [0.29, 0.717) is 6.42 Å². The van der Waals surface area contributed by atoms with E-state index in [0.717, 1.165) is 0 Å². The van der Waals surface area contributed by atoms with Gasteiger partial charge in [-0.1, -0.05) is 6.92 Å². The molecule has 0 saturated heterocycles. The standard InChI is InChI=1S/C9H10F2IN/c1-2-9(13)5-3-7(11)8(12)4-6(5)10/h3-4,9H,2,13H2,1H3/t9-/m1/s1. The summed E-state index contributed by atoms with van der Waals surface area (Å²) in [5.41, 5.74) is 5.86.